The molecule has 1 heterocycles. The normalized spacial score (nSPS) is 19.9. The van der Waals surface area contributed by atoms with E-state index in [1.807, 2.05) is 24.3 Å². The van der Waals surface area contributed by atoms with Crippen LogP contribution in [-0.4, -0.2) is 25.8 Å². The first-order valence-electron chi connectivity index (χ1n) is 6.94. The van der Waals surface area contributed by atoms with Crippen molar-refractivity contribution in [3.8, 4) is 0 Å². The zero-order valence-corrected chi connectivity index (χ0v) is 13.7. The van der Waals surface area contributed by atoms with E-state index in [1.54, 1.807) is 4.31 Å². The fraction of sp³-hybridized carbons (Fsp3) is 0.600. The second-order valence-corrected chi connectivity index (χ2v) is 8.55. The quantitative estimate of drug-likeness (QED) is 0.799. The fourth-order valence-corrected chi connectivity index (χ4v) is 4.61. The molecule has 0 aromatic heterocycles. The molecule has 112 valence electrons. The molecule has 0 spiro atoms. The zero-order chi connectivity index (χ0) is 14.8. The first kappa shape index (κ1) is 15.8. The van der Waals surface area contributed by atoms with E-state index in [0.717, 1.165) is 24.0 Å². The third-order valence-corrected chi connectivity index (χ3v) is 5.86. The van der Waals surface area contributed by atoms with Crippen LogP contribution in [0.3, 0.4) is 0 Å². The molecule has 0 amide bonds. The van der Waals surface area contributed by atoms with E-state index in [0.29, 0.717) is 19.0 Å². The van der Waals surface area contributed by atoms with E-state index in [9.17, 15) is 8.42 Å². The number of rotatable bonds is 4. The monoisotopic (exact) mass is 315 g/mol. The maximum Gasteiger partial charge on any atom is 0.218 e. The van der Waals surface area contributed by atoms with Gasteiger partial charge in [-0.2, -0.15) is 0 Å². The van der Waals surface area contributed by atoms with Crippen molar-refractivity contribution < 1.29 is 8.42 Å². The van der Waals surface area contributed by atoms with E-state index in [2.05, 4.69) is 13.8 Å². The Morgan fingerprint density at radius 2 is 2.00 bits per heavy atom. The second-order valence-electron chi connectivity index (χ2n) is 6.31. The van der Waals surface area contributed by atoms with E-state index in [1.165, 1.54) is 0 Å². The second kappa shape index (κ2) is 6.04. The molecule has 3 nitrogen and oxygen atoms in total. The molecule has 1 aromatic rings. The van der Waals surface area contributed by atoms with Gasteiger partial charge in [-0.05, 0) is 29.4 Å². The van der Waals surface area contributed by atoms with Crippen LogP contribution in [0.1, 0.15) is 37.8 Å². The number of piperidine rings is 1. The van der Waals surface area contributed by atoms with Gasteiger partial charge in [-0.3, -0.25) is 0 Å². The summed E-state index contributed by atoms with van der Waals surface area (Å²) in [7, 11) is -3.24. The Hall–Kier alpha value is -0.580. The Kier molecular flexibility index (Phi) is 4.77. The fourth-order valence-electron chi connectivity index (χ4n) is 2.71. The highest BCUT2D eigenvalue weighted by Gasteiger charge is 2.33. The third-order valence-electron chi connectivity index (χ3n) is 3.75. The van der Waals surface area contributed by atoms with Gasteiger partial charge in [-0.1, -0.05) is 38.1 Å². The molecular weight excluding hydrogens is 294 g/mol. The molecule has 0 radical (unpaired) electrons. The van der Waals surface area contributed by atoms with Crippen molar-refractivity contribution in [2.75, 3.05) is 13.1 Å². The van der Waals surface area contributed by atoms with Crippen LogP contribution < -0.4 is 0 Å². The summed E-state index contributed by atoms with van der Waals surface area (Å²) < 4.78 is 26.7. The SMILES string of the molecule is CC1(C)CCCN(S(=O)(=O)Cc2cccc(CCl)c2)C1. The first-order chi connectivity index (χ1) is 9.32. The molecule has 0 atom stereocenters. The summed E-state index contributed by atoms with van der Waals surface area (Å²) in [6, 6.07) is 7.50. The van der Waals surface area contributed by atoms with E-state index >= 15 is 0 Å². The predicted octanol–water partition coefficient (Wildman–Crippen LogP) is 3.38. The van der Waals surface area contributed by atoms with Gasteiger partial charge in [0.15, 0.2) is 0 Å². The highest BCUT2D eigenvalue weighted by molar-refractivity contribution is 7.88. The summed E-state index contributed by atoms with van der Waals surface area (Å²) >= 11 is 5.80. The van der Waals surface area contributed by atoms with E-state index < -0.39 is 10.0 Å². The largest absolute Gasteiger partial charge is 0.218 e. The predicted molar refractivity (Wildman–Crippen MR) is 83.2 cm³/mol. The lowest BCUT2D eigenvalue weighted by molar-refractivity contribution is 0.187. The summed E-state index contributed by atoms with van der Waals surface area (Å²) in [6.45, 7) is 5.51. The van der Waals surface area contributed by atoms with Gasteiger partial charge in [0.25, 0.3) is 0 Å². The molecule has 0 aliphatic carbocycles. The van der Waals surface area contributed by atoms with E-state index in [4.69, 9.17) is 11.6 Å². The topological polar surface area (TPSA) is 37.4 Å². The Morgan fingerprint density at radius 3 is 2.65 bits per heavy atom. The summed E-state index contributed by atoms with van der Waals surface area (Å²) in [4.78, 5) is 0. The Morgan fingerprint density at radius 1 is 1.30 bits per heavy atom. The van der Waals surface area contributed by atoms with Crippen molar-refractivity contribution in [2.45, 2.75) is 38.3 Å². The highest BCUT2D eigenvalue weighted by atomic mass is 35.5. The number of halogens is 1. The van der Waals surface area contributed by atoms with Crippen molar-refractivity contribution in [1.82, 2.24) is 4.31 Å². The lowest BCUT2D eigenvalue weighted by atomic mass is 9.85. The number of sulfonamides is 1. The summed E-state index contributed by atoms with van der Waals surface area (Å²) in [5, 5.41) is 0. The van der Waals surface area contributed by atoms with Crippen molar-refractivity contribution in [1.29, 1.82) is 0 Å². The van der Waals surface area contributed by atoms with Crippen molar-refractivity contribution in [3.63, 3.8) is 0 Å². The molecule has 0 N–H and O–H groups in total. The van der Waals surface area contributed by atoms with Gasteiger partial charge in [0.2, 0.25) is 10.0 Å². The van der Waals surface area contributed by atoms with Gasteiger partial charge in [0.1, 0.15) is 0 Å². The van der Waals surface area contributed by atoms with Crippen molar-refractivity contribution in [3.05, 3.63) is 35.4 Å². The number of hydrogen-bond acceptors (Lipinski definition) is 2. The number of benzene rings is 1. The molecule has 2 rings (SSSR count). The highest BCUT2D eigenvalue weighted by Crippen LogP contribution is 2.30. The minimum atomic E-state index is -3.24. The molecule has 1 aromatic carbocycles. The lowest BCUT2D eigenvalue weighted by Gasteiger charge is -2.37. The summed E-state index contributed by atoms with van der Waals surface area (Å²) in [6.07, 6.45) is 2.02. The minimum Gasteiger partial charge on any atom is -0.212 e. The molecule has 0 bridgehead atoms. The molecule has 5 heteroatoms. The number of nitrogens with zero attached hydrogens (tertiary/aromatic N) is 1. The van der Waals surface area contributed by atoms with Crippen LogP contribution in [0.2, 0.25) is 0 Å². The Labute approximate surface area is 127 Å². The van der Waals surface area contributed by atoms with Crippen LogP contribution in [0, 0.1) is 5.41 Å². The molecule has 20 heavy (non-hydrogen) atoms. The smallest absolute Gasteiger partial charge is 0.212 e. The van der Waals surface area contributed by atoms with Gasteiger partial charge in [0, 0.05) is 19.0 Å². The van der Waals surface area contributed by atoms with Crippen LogP contribution in [0.25, 0.3) is 0 Å². The first-order valence-corrected chi connectivity index (χ1v) is 9.08. The maximum atomic E-state index is 12.5. The summed E-state index contributed by atoms with van der Waals surface area (Å²) in [5.41, 5.74) is 1.84. The van der Waals surface area contributed by atoms with Crippen LogP contribution >= 0.6 is 11.6 Å². The Balaban J connectivity index is 2.14. The van der Waals surface area contributed by atoms with Gasteiger partial charge in [-0.25, -0.2) is 12.7 Å². The van der Waals surface area contributed by atoms with Gasteiger partial charge in [-0.15, -0.1) is 11.6 Å². The molecule has 1 saturated heterocycles. The van der Waals surface area contributed by atoms with Crippen LogP contribution in [0.4, 0.5) is 0 Å². The van der Waals surface area contributed by atoms with Gasteiger partial charge in [0.05, 0.1) is 5.75 Å². The van der Waals surface area contributed by atoms with Crippen LogP contribution in [0.15, 0.2) is 24.3 Å². The molecule has 1 aliphatic heterocycles. The van der Waals surface area contributed by atoms with Crippen molar-refractivity contribution in [2.24, 2.45) is 5.41 Å². The molecule has 1 fully saturated rings. The Bertz CT molecular complexity index is 569. The maximum absolute atomic E-state index is 12.5. The van der Waals surface area contributed by atoms with Crippen LogP contribution in [-0.2, 0) is 21.7 Å². The molecule has 1 aliphatic rings. The molecule has 0 unspecified atom stereocenters. The van der Waals surface area contributed by atoms with Gasteiger partial charge >= 0.3 is 0 Å². The average molecular weight is 316 g/mol. The molecular formula is C15H22ClNO2S. The van der Waals surface area contributed by atoms with Gasteiger partial charge < -0.3 is 0 Å². The average Bonchev–Trinajstić information content (AvgIpc) is 2.37. The zero-order valence-electron chi connectivity index (χ0n) is 12.1. The van der Waals surface area contributed by atoms with E-state index in [-0.39, 0.29) is 11.2 Å². The van der Waals surface area contributed by atoms with Crippen molar-refractivity contribution >= 4 is 21.6 Å². The molecule has 0 saturated carbocycles. The standard InChI is InChI=1S/C15H22ClNO2S/c1-15(2)7-4-8-17(12-15)20(18,19)11-14-6-3-5-13(9-14)10-16/h3,5-6,9H,4,7-8,10-12H2,1-2H3. The summed E-state index contributed by atoms with van der Waals surface area (Å²) in [5.74, 6) is 0.471. The number of hydrogen-bond donors (Lipinski definition) is 0. The van der Waals surface area contributed by atoms with Crippen LogP contribution in [0.5, 0.6) is 0 Å². The third kappa shape index (κ3) is 3.96. The minimum absolute atomic E-state index is 0.0633. The lowest BCUT2D eigenvalue weighted by Crippen LogP contribution is -2.43. The number of alkyl halides is 1.